The Balaban J connectivity index is 2.77. The Labute approximate surface area is 93.1 Å². The number of hydrogen-bond acceptors (Lipinski definition) is 6. The molecule has 0 spiro atoms. The molecular formula is C9H16FN5O. The Kier molecular flexibility index (Phi) is 4.87. The monoisotopic (exact) mass is 229 g/mol. The molecule has 90 valence electrons. The van der Waals surface area contributed by atoms with Crippen LogP contribution in [-0.2, 0) is 0 Å². The maximum atomic E-state index is 13.3. The van der Waals surface area contributed by atoms with Crippen LogP contribution in [0.3, 0.4) is 0 Å². The highest BCUT2D eigenvalue weighted by atomic mass is 19.1. The van der Waals surface area contributed by atoms with Gasteiger partial charge in [0.15, 0.2) is 11.6 Å². The average Bonchev–Trinajstić information content (AvgIpc) is 2.31. The predicted octanol–water partition coefficient (Wildman–Crippen LogP) is 0.474. The van der Waals surface area contributed by atoms with E-state index in [2.05, 4.69) is 20.7 Å². The van der Waals surface area contributed by atoms with Gasteiger partial charge in [-0.15, -0.1) is 0 Å². The second-order valence-electron chi connectivity index (χ2n) is 3.30. The van der Waals surface area contributed by atoms with Gasteiger partial charge in [-0.25, -0.2) is 15.2 Å². The molecule has 0 aliphatic heterocycles. The van der Waals surface area contributed by atoms with E-state index in [0.717, 1.165) is 12.6 Å². The first-order valence-electron chi connectivity index (χ1n) is 5.07. The summed E-state index contributed by atoms with van der Waals surface area (Å²) in [5.41, 5.74) is 2.24. The second-order valence-corrected chi connectivity index (χ2v) is 3.30. The van der Waals surface area contributed by atoms with E-state index in [1.54, 1.807) is 0 Å². The quantitative estimate of drug-likeness (QED) is 0.418. The van der Waals surface area contributed by atoms with Crippen LogP contribution in [-0.4, -0.2) is 27.7 Å². The minimum atomic E-state index is -0.546. The number of aliphatic hydroxyl groups excluding tert-OH is 1. The molecule has 0 aliphatic carbocycles. The minimum absolute atomic E-state index is 0.0278. The molecule has 0 saturated heterocycles. The van der Waals surface area contributed by atoms with E-state index < -0.39 is 5.82 Å². The number of hydrazine groups is 1. The summed E-state index contributed by atoms with van der Waals surface area (Å²) in [5, 5.41) is 11.7. The molecule has 1 aromatic rings. The highest BCUT2D eigenvalue weighted by molar-refractivity contribution is 5.41. The molecule has 16 heavy (non-hydrogen) atoms. The second kappa shape index (κ2) is 6.19. The fourth-order valence-corrected chi connectivity index (χ4v) is 1.27. The molecule has 0 bridgehead atoms. The third-order valence-corrected chi connectivity index (χ3v) is 2.18. The minimum Gasteiger partial charge on any atom is -0.396 e. The number of hydrogen-bond donors (Lipinski definition) is 4. The van der Waals surface area contributed by atoms with Gasteiger partial charge in [-0.05, 0) is 12.8 Å². The number of aliphatic hydroxyl groups is 1. The summed E-state index contributed by atoms with van der Waals surface area (Å²) < 4.78 is 13.3. The smallest absolute Gasteiger partial charge is 0.239 e. The molecule has 0 aliphatic rings. The van der Waals surface area contributed by atoms with Crippen molar-refractivity contribution in [3.8, 4) is 0 Å². The van der Waals surface area contributed by atoms with E-state index in [-0.39, 0.29) is 24.4 Å². The summed E-state index contributed by atoms with van der Waals surface area (Å²) in [6, 6.07) is -0.0278. The SMILES string of the molecule is CCC(CCO)Nc1nc(NN)ncc1F. The number of nitrogens with zero attached hydrogens (tertiary/aromatic N) is 2. The first-order chi connectivity index (χ1) is 7.71. The Bertz CT molecular complexity index is 336. The number of aromatic nitrogens is 2. The van der Waals surface area contributed by atoms with Gasteiger partial charge >= 0.3 is 0 Å². The summed E-state index contributed by atoms with van der Waals surface area (Å²) in [7, 11) is 0. The summed E-state index contributed by atoms with van der Waals surface area (Å²) in [5.74, 6) is 4.81. The largest absolute Gasteiger partial charge is 0.396 e. The lowest BCUT2D eigenvalue weighted by Crippen LogP contribution is -2.22. The Morgan fingerprint density at radius 1 is 1.62 bits per heavy atom. The van der Waals surface area contributed by atoms with Crippen molar-refractivity contribution in [2.24, 2.45) is 5.84 Å². The van der Waals surface area contributed by atoms with Crippen molar-refractivity contribution in [2.75, 3.05) is 17.3 Å². The van der Waals surface area contributed by atoms with Crippen molar-refractivity contribution >= 4 is 11.8 Å². The van der Waals surface area contributed by atoms with E-state index in [4.69, 9.17) is 10.9 Å². The van der Waals surface area contributed by atoms with Crippen molar-refractivity contribution in [3.05, 3.63) is 12.0 Å². The van der Waals surface area contributed by atoms with Gasteiger partial charge in [0.25, 0.3) is 0 Å². The Morgan fingerprint density at radius 3 is 2.94 bits per heavy atom. The van der Waals surface area contributed by atoms with E-state index in [9.17, 15) is 4.39 Å². The first kappa shape index (κ1) is 12.6. The van der Waals surface area contributed by atoms with Crippen LogP contribution in [0.15, 0.2) is 6.20 Å². The molecule has 0 aromatic carbocycles. The third-order valence-electron chi connectivity index (χ3n) is 2.18. The third kappa shape index (κ3) is 3.28. The van der Waals surface area contributed by atoms with Gasteiger partial charge in [-0.1, -0.05) is 6.92 Å². The van der Waals surface area contributed by atoms with Crippen LogP contribution in [0, 0.1) is 5.82 Å². The zero-order chi connectivity index (χ0) is 12.0. The van der Waals surface area contributed by atoms with Crippen LogP contribution in [0.4, 0.5) is 16.2 Å². The van der Waals surface area contributed by atoms with E-state index in [1.165, 1.54) is 0 Å². The molecule has 0 amide bonds. The van der Waals surface area contributed by atoms with Crippen molar-refractivity contribution < 1.29 is 9.50 Å². The van der Waals surface area contributed by atoms with Crippen molar-refractivity contribution in [1.29, 1.82) is 0 Å². The topological polar surface area (TPSA) is 96.1 Å². The molecule has 1 rings (SSSR count). The molecule has 7 heteroatoms. The molecule has 1 aromatic heterocycles. The summed E-state index contributed by atoms with van der Waals surface area (Å²) in [4.78, 5) is 7.47. The fraction of sp³-hybridized carbons (Fsp3) is 0.556. The van der Waals surface area contributed by atoms with Gasteiger partial charge < -0.3 is 10.4 Å². The molecule has 6 nitrogen and oxygen atoms in total. The maximum absolute atomic E-state index is 13.3. The van der Waals surface area contributed by atoms with Crippen LogP contribution >= 0.6 is 0 Å². The first-order valence-corrected chi connectivity index (χ1v) is 5.07. The summed E-state index contributed by atoms with van der Waals surface area (Å²) in [6.45, 7) is 1.98. The Morgan fingerprint density at radius 2 is 2.38 bits per heavy atom. The number of nitrogens with one attached hydrogen (secondary N) is 2. The van der Waals surface area contributed by atoms with Crippen LogP contribution in [0.5, 0.6) is 0 Å². The fourth-order valence-electron chi connectivity index (χ4n) is 1.27. The number of rotatable bonds is 6. The lowest BCUT2D eigenvalue weighted by atomic mass is 10.1. The number of anilines is 2. The normalized spacial score (nSPS) is 12.2. The maximum Gasteiger partial charge on any atom is 0.239 e. The average molecular weight is 229 g/mol. The molecule has 1 heterocycles. The Hall–Kier alpha value is -1.47. The van der Waals surface area contributed by atoms with Crippen LogP contribution in [0.25, 0.3) is 0 Å². The standard InChI is InChI=1S/C9H16FN5O/c1-2-6(3-4-16)13-8-7(10)5-12-9(14-8)15-11/h5-6,16H,2-4,11H2,1H3,(H2,12,13,14,15). The zero-order valence-corrected chi connectivity index (χ0v) is 9.07. The zero-order valence-electron chi connectivity index (χ0n) is 9.07. The van der Waals surface area contributed by atoms with Gasteiger partial charge in [0, 0.05) is 12.6 Å². The van der Waals surface area contributed by atoms with Crippen molar-refractivity contribution in [3.63, 3.8) is 0 Å². The van der Waals surface area contributed by atoms with E-state index >= 15 is 0 Å². The van der Waals surface area contributed by atoms with E-state index in [1.807, 2.05) is 6.92 Å². The highest BCUT2D eigenvalue weighted by Crippen LogP contribution is 2.14. The lowest BCUT2D eigenvalue weighted by molar-refractivity contribution is 0.278. The molecule has 1 atom stereocenters. The predicted molar refractivity (Wildman–Crippen MR) is 59.2 cm³/mol. The summed E-state index contributed by atoms with van der Waals surface area (Å²) in [6.07, 6.45) is 2.33. The van der Waals surface area contributed by atoms with Crippen LogP contribution < -0.4 is 16.6 Å². The van der Waals surface area contributed by atoms with Crippen molar-refractivity contribution in [1.82, 2.24) is 9.97 Å². The lowest BCUT2D eigenvalue weighted by Gasteiger charge is -2.16. The van der Waals surface area contributed by atoms with Gasteiger partial charge in [0.2, 0.25) is 5.95 Å². The van der Waals surface area contributed by atoms with Gasteiger partial charge in [-0.3, -0.25) is 5.43 Å². The van der Waals surface area contributed by atoms with Crippen LogP contribution in [0.1, 0.15) is 19.8 Å². The highest BCUT2D eigenvalue weighted by Gasteiger charge is 2.11. The molecule has 0 fully saturated rings. The van der Waals surface area contributed by atoms with Gasteiger partial charge in [0.05, 0.1) is 6.20 Å². The molecular weight excluding hydrogens is 213 g/mol. The molecule has 1 unspecified atom stereocenters. The van der Waals surface area contributed by atoms with Gasteiger partial charge in [0.1, 0.15) is 0 Å². The molecule has 0 radical (unpaired) electrons. The number of nitrogens with two attached hydrogens (primary N) is 1. The molecule has 0 saturated carbocycles. The number of halogens is 1. The summed E-state index contributed by atoms with van der Waals surface area (Å²) >= 11 is 0. The van der Waals surface area contributed by atoms with Crippen molar-refractivity contribution in [2.45, 2.75) is 25.8 Å². The number of nitrogen functional groups attached to an aromatic ring is 1. The van der Waals surface area contributed by atoms with E-state index in [0.29, 0.717) is 6.42 Å². The van der Waals surface area contributed by atoms with Crippen LogP contribution in [0.2, 0.25) is 0 Å². The van der Waals surface area contributed by atoms with Gasteiger partial charge in [-0.2, -0.15) is 4.98 Å². The molecule has 5 N–H and O–H groups in total.